The fourth-order valence-corrected chi connectivity index (χ4v) is 3.17. The Morgan fingerprint density at radius 2 is 2.12 bits per heavy atom. The van der Waals surface area contributed by atoms with Gasteiger partial charge < -0.3 is 5.73 Å². The molecule has 0 saturated heterocycles. The van der Waals surface area contributed by atoms with Crippen LogP contribution in [0.15, 0.2) is 18.3 Å². The first-order valence-corrected chi connectivity index (χ1v) is 6.55. The van der Waals surface area contributed by atoms with Gasteiger partial charge in [-0.1, -0.05) is 12.5 Å². The molecule has 2 heteroatoms. The molecule has 16 heavy (non-hydrogen) atoms. The topological polar surface area (TPSA) is 38.9 Å². The Morgan fingerprint density at radius 1 is 1.25 bits per heavy atom. The van der Waals surface area contributed by atoms with Crippen molar-refractivity contribution in [1.29, 1.82) is 0 Å². The second-order valence-electron chi connectivity index (χ2n) is 5.31. The number of nitrogens with zero attached hydrogens (tertiary/aromatic N) is 1. The van der Waals surface area contributed by atoms with Gasteiger partial charge in [0, 0.05) is 23.9 Å². The molecule has 0 aliphatic heterocycles. The number of rotatable bonds is 2. The first-order chi connectivity index (χ1) is 7.86. The molecule has 2 aliphatic carbocycles. The summed E-state index contributed by atoms with van der Waals surface area (Å²) in [5.41, 5.74) is 9.17. The molecule has 0 radical (unpaired) electrons. The van der Waals surface area contributed by atoms with Crippen molar-refractivity contribution in [1.82, 2.24) is 4.98 Å². The van der Waals surface area contributed by atoms with Gasteiger partial charge in [-0.25, -0.2) is 0 Å². The largest absolute Gasteiger partial charge is 0.327 e. The van der Waals surface area contributed by atoms with Crippen molar-refractivity contribution < 1.29 is 0 Å². The SMILES string of the molecule is NC(C1CCC1)C1CCCc2cccnc21. The van der Waals surface area contributed by atoms with E-state index in [9.17, 15) is 0 Å². The summed E-state index contributed by atoms with van der Waals surface area (Å²) in [4.78, 5) is 4.58. The van der Waals surface area contributed by atoms with Gasteiger partial charge >= 0.3 is 0 Å². The lowest BCUT2D eigenvalue weighted by Crippen LogP contribution is -2.41. The molecule has 1 heterocycles. The second kappa shape index (κ2) is 4.17. The zero-order valence-electron chi connectivity index (χ0n) is 9.73. The molecule has 1 aromatic rings. The van der Waals surface area contributed by atoms with Gasteiger partial charge in [0.1, 0.15) is 0 Å². The van der Waals surface area contributed by atoms with E-state index in [4.69, 9.17) is 5.73 Å². The average molecular weight is 216 g/mol. The summed E-state index contributed by atoms with van der Waals surface area (Å²) in [5.74, 6) is 1.29. The molecular formula is C14H20N2. The summed E-state index contributed by atoms with van der Waals surface area (Å²) in [7, 11) is 0. The van der Waals surface area contributed by atoms with E-state index >= 15 is 0 Å². The second-order valence-corrected chi connectivity index (χ2v) is 5.31. The van der Waals surface area contributed by atoms with Gasteiger partial charge in [0.25, 0.3) is 0 Å². The lowest BCUT2D eigenvalue weighted by Gasteiger charge is -2.38. The van der Waals surface area contributed by atoms with Crippen LogP contribution in [0, 0.1) is 5.92 Å². The normalized spacial score (nSPS) is 26.9. The Labute approximate surface area is 97.3 Å². The minimum Gasteiger partial charge on any atom is -0.327 e. The molecular weight excluding hydrogens is 196 g/mol. The van der Waals surface area contributed by atoms with Crippen LogP contribution >= 0.6 is 0 Å². The highest BCUT2D eigenvalue weighted by atomic mass is 14.8. The van der Waals surface area contributed by atoms with Crippen LogP contribution in [0.5, 0.6) is 0 Å². The van der Waals surface area contributed by atoms with Crippen LogP contribution in [0.1, 0.15) is 49.3 Å². The van der Waals surface area contributed by atoms with E-state index in [2.05, 4.69) is 17.1 Å². The zero-order chi connectivity index (χ0) is 11.0. The predicted molar refractivity (Wildman–Crippen MR) is 65.2 cm³/mol. The molecule has 0 spiro atoms. The van der Waals surface area contributed by atoms with E-state index in [1.165, 1.54) is 49.8 Å². The van der Waals surface area contributed by atoms with E-state index in [0.717, 1.165) is 5.92 Å². The number of hydrogen-bond acceptors (Lipinski definition) is 2. The highest BCUT2D eigenvalue weighted by molar-refractivity contribution is 5.27. The Morgan fingerprint density at radius 3 is 2.88 bits per heavy atom. The van der Waals surface area contributed by atoms with Gasteiger partial charge in [-0.15, -0.1) is 0 Å². The lowest BCUT2D eigenvalue weighted by atomic mass is 9.71. The van der Waals surface area contributed by atoms with E-state index in [-0.39, 0.29) is 0 Å². The molecule has 1 aromatic heterocycles. The number of hydrogen-bond donors (Lipinski definition) is 1. The number of pyridine rings is 1. The number of aryl methyl sites for hydroxylation is 1. The van der Waals surface area contributed by atoms with E-state index in [1.807, 2.05) is 6.20 Å². The molecule has 1 fully saturated rings. The van der Waals surface area contributed by atoms with Crippen molar-refractivity contribution in [3.63, 3.8) is 0 Å². The summed E-state index contributed by atoms with van der Waals surface area (Å²) in [6, 6.07) is 4.63. The van der Waals surface area contributed by atoms with Crippen LogP contribution in [0.25, 0.3) is 0 Å². The molecule has 0 bridgehead atoms. The van der Waals surface area contributed by atoms with E-state index in [1.54, 1.807) is 0 Å². The van der Waals surface area contributed by atoms with Crippen molar-refractivity contribution in [2.45, 2.75) is 50.5 Å². The maximum absolute atomic E-state index is 6.43. The molecule has 86 valence electrons. The Bertz CT molecular complexity index is 371. The highest BCUT2D eigenvalue weighted by Crippen LogP contribution is 2.39. The quantitative estimate of drug-likeness (QED) is 0.825. The number of aromatic nitrogens is 1. The van der Waals surface area contributed by atoms with Crippen LogP contribution in [0.2, 0.25) is 0 Å². The standard InChI is InChI=1S/C14H20N2/c15-13(10-4-1-5-10)12-8-2-6-11-7-3-9-16-14(11)12/h3,7,9-10,12-13H,1-2,4-6,8,15H2. The van der Waals surface area contributed by atoms with Gasteiger partial charge in [-0.2, -0.15) is 0 Å². The lowest BCUT2D eigenvalue weighted by molar-refractivity contribution is 0.225. The van der Waals surface area contributed by atoms with E-state index in [0.29, 0.717) is 12.0 Å². The minimum atomic E-state index is 0.350. The van der Waals surface area contributed by atoms with Gasteiger partial charge in [-0.05, 0) is 49.7 Å². The summed E-state index contributed by atoms with van der Waals surface area (Å²) in [5, 5.41) is 0. The Balaban J connectivity index is 1.86. The van der Waals surface area contributed by atoms with Gasteiger partial charge in [0.15, 0.2) is 0 Å². The molecule has 1 saturated carbocycles. The van der Waals surface area contributed by atoms with E-state index < -0.39 is 0 Å². The highest BCUT2D eigenvalue weighted by Gasteiger charge is 2.34. The van der Waals surface area contributed by atoms with Crippen molar-refractivity contribution in [3.05, 3.63) is 29.6 Å². The molecule has 2 unspecified atom stereocenters. The average Bonchev–Trinajstić information content (AvgIpc) is 2.26. The third-order valence-corrected chi connectivity index (χ3v) is 4.40. The minimum absolute atomic E-state index is 0.350. The molecule has 0 aromatic carbocycles. The Hall–Kier alpha value is -0.890. The van der Waals surface area contributed by atoms with Crippen LogP contribution in [-0.4, -0.2) is 11.0 Å². The van der Waals surface area contributed by atoms with Crippen LogP contribution < -0.4 is 5.73 Å². The third-order valence-electron chi connectivity index (χ3n) is 4.40. The van der Waals surface area contributed by atoms with Gasteiger partial charge in [0.2, 0.25) is 0 Å². The fraction of sp³-hybridized carbons (Fsp3) is 0.643. The van der Waals surface area contributed by atoms with Crippen LogP contribution in [-0.2, 0) is 6.42 Å². The first kappa shape index (κ1) is 10.3. The number of fused-ring (bicyclic) bond motifs is 1. The number of nitrogens with two attached hydrogens (primary N) is 1. The maximum Gasteiger partial charge on any atom is 0.0481 e. The third kappa shape index (κ3) is 1.65. The van der Waals surface area contributed by atoms with Gasteiger partial charge in [0.05, 0.1) is 0 Å². The maximum atomic E-state index is 6.43. The molecule has 2 N–H and O–H groups in total. The summed E-state index contributed by atoms with van der Waals surface area (Å²) in [6.45, 7) is 0. The van der Waals surface area contributed by atoms with Crippen LogP contribution in [0.3, 0.4) is 0 Å². The molecule has 0 amide bonds. The fourth-order valence-electron chi connectivity index (χ4n) is 3.17. The van der Waals surface area contributed by atoms with Crippen LogP contribution in [0.4, 0.5) is 0 Å². The smallest absolute Gasteiger partial charge is 0.0481 e. The summed E-state index contributed by atoms with van der Waals surface area (Å²) in [6.07, 6.45) is 9.67. The summed E-state index contributed by atoms with van der Waals surface area (Å²) < 4.78 is 0. The zero-order valence-corrected chi connectivity index (χ0v) is 9.73. The monoisotopic (exact) mass is 216 g/mol. The molecule has 3 rings (SSSR count). The molecule has 2 nitrogen and oxygen atoms in total. The van der Waals surface area contributed by atoms with Crippen molar-refractivity contribution in [3.8, 4) is 0 Å². The predicted octanol–water partition coefficient (Wildman–Crippen LogP) is 2.63. The van der Waals surface area contributed by atoms with Crippen molar-refractivity contribution in [2.24, 2.45) is 11.7 Å². The Kier molecular flexibility index (Phi) is 2.68. The molecule has 2 atom stereocenters. The van der Waals surface area contributed by atoms with Crippen molar-refractivity contribution in [2.75, 3.05) is 0 Å². The van der Waals surface area contributed by atoms with Gasteiger partial charge in [-0.3, -0.25) is 4.98 Å². The van der Waals surface area contributed by atoms with Crippen molar-refractivity contribution >= 4 is 0 Å². The first-order valence-electron chi connectivity index (χ1n) is 6.55. The summed E-state index contributed by atoms with van der Waals surface area (Å²) >= 11 is 0. The molecule has 2 aliphatic rings.